The Kier molecular flexibility index (Phi) is 6.01. The molecule has 1 aromatic carbocycles. The minimum Gasteiger partial charge on any atom is -0.381 e. The maximum Gasteiger partial charge on any atom is 0.0471 e. The molecule has 0 unspecified atom stereocenters. The maximum atomic E-state index is 6.21. The summed E-state index contributed by atoms with van der Waals surface area (Å²) in [6, 6.07) is 4.40. The lowest BCUT2D eigenvalue weighted by molar-refractivity contribution is 0.0853. The second kappa shape index (κ2) is 7.03. The first-order valence-electron chi connectivity index (χ1n) is 6.53. The van der Waals surface area contributed by atoms with E-state index >= 15 is 0 Å². The highest BCUT2D eigenvalue weighted by Crippen LogP contribution is 2.31. The predicted octanol–water partition coefficient (Wildman–Crippen LogP) is 4.88. The summed E-state index contributed by atoms with van der Waals surface area (Å²) in [5.41, 5.74) is 3.88. The molecule has 1 aliphatic rings. The van der Waals surface area contributed by atoms with Crippen LogP contribution in [0.1, 0.15) is 49.3 Å². The highest BCUT2D eigenvalue weighted by molar-refractivity contribution is 6.31. The van der Waals surface area contributed by atoms with Gasteiger partial charge in [-0.05, 0) is 55.4 Å². The minimum atomic E-state index is 0.635. The van der Waals surface area contributed by atoms with Crippen molar-refractivity contribution in [3.63, 3.8) is 0 Å². The van der Waals surface area contributed by atoms with Gasteiger partial charge in [0.1, 0.15) is 0 Å². The van der Waals surface area contributed by atoms with E-state index in [1.165, 1.54) is 16.7 Å². The largest absolute Gasteiger partial charge is 0.381 e. The van der Waals surface area contributed by atoms with Gasteiger partial charge < -0.3 is 4.74 Å². The van der Waals surface area contributed by atoms with Crippen molar-refractivity contribution in [2.75, 3.05) is 13.2 Å². The van der Waals surface area contributed by atoms with E-state index in [4.69, 9.17) is 16.3 Å². The molecule has 1 saturated heterocycles. The van der Waals surface area contributed by atoms with E-state index in [0.717, 1.165) is 31.1 Å². The Hall–Kier alpha value is -0.530. The monoisotopic (exact) mass is 254 g/mol. The third-order valence-electron chi connectivity index (χ3n) is 3.32. The van der Waals surface area contributed by atoms with Crippen LogP contribution in [0.25, 0.3) is 0 Å². The molecule has 17 heavy (non-hydrogen) atoms. The Morgan fingerprint density at radius 3 is 2.24 bits per heavy atom. The Morgan fingerprint density at radius 2 is 1.71 bits per heavy atom. The molecule has 1 heterocycles. The zero-order valence-corrected chi connectivity index (χ0v) is 12.1. The second-order valence-corrected chi connectivity index (χ2v) is 4.74. The topological polar surface area (TPSA) is 9.23 Å². The fourth-order valence-electron chi connectivity index (χ4n) is 2.11. The van der Waals surface area contributed by atoms with Gasteiger partial charge in [-0.3, -0.25) is 0 Å². The second-order valence-electron chi connectivity index (χ2n) is 4.33. The van der Waals surface area contributed by atoms with Gasteiger partial charge in [-0.15, -0.1) is 0 Å². The number of ether oxygens (including phenoxy) is 1. The molecule has 0 spiro atoms. The number of aryl methyl sites for hydroxylation is 1. The van der Waals surface area contributed by atoms with Gasteiger partial charge in [-0.2, -0.15) is 0 Å². The van der Waals surface area contributed by atoms with E-state index in [1.54, 1.807) is 0 Å². The molecule has 0 aromatic heterocycles. The summed E-state index contributed by atoms with van der Waals surface area (Å²) in [6.07, 6.45) is 2.25. The average Bonchev–Trinajstić information content (AvgIpc) is 2.39. The molecule has 0 atom stereocenters. The van der Waals surface area contributed by atoms with Crippen LogP contribution >= 0.6 is 11.6 Å². The summed E-state index contributed by atoms with van der Waals surface area (Å²) in [5, 5.41) is 0.900. The standard InChI is InChI=1S/C13H17ClO.C2H6/c1-9-7-12(8-13(14)10(9)2)11-3-5-15-6-4-11;1-2/h7-8,11H,3-6H2,1-2H3;1-2H3. The zero-order valence-electron chi connectivity index (χ0n) is 11.3. The molecule has 0 N–H and O–H groups in total. The molecule has 1 nitrogen and oxygen atoms in total. The molecule has 1 fully saturated rings. The van der Waals surface area contributed by atoms with Crippen molar-refractivity contribution >= 4 is 11.6 Å². The Labute approximate surface area is 110 Å². The third kappa shape index (κ3) is 3.72. The summed E-state index contributed by atoms with van der Waals surface area (Å²) < 4.78 is 5.37. The lowest BCUT2D eigenvalue weighted by Crippen LogP contribution is -2.14. The summed E-state index contributed by atoms with van der Waals surface area (Å²) in [4.78, 5) is 0. The van der Waals surface area contributed by atoms with E-state index < -0.39 is 0 Å². The van der Waals surface area contributed by atoms with Crippen LogP contribution in [-0.4, -0.2) is 13.2 Å². The Bertz CT molecular complexity index is 331. The number of hydrogen-bond donors (Lipinski definition) is 0. The quantitative estimate of drug-likeness (QED) is 0.694. The van der Waals surface area contributed by atoms with Gasteiger partial charge in [-0.1, -0.05) is 31.5 Å². The average molecular weight is 255 g/mol. The number of rotatable bonds is 1. The fourth-order valence-corrected chi connectivity index (χ4v) is 2.38. The molecule has 0 aliphatic carbocycles. The number of halogens is 1. The number of benzene rings is 1. The Morgan fingerprint density at radius 1 is 1.12 bits per heavy atom. The summed E-state index contributed by atoms with van der Waals surface area (Å²) >= 11 is 6.21. The maximum absolute atomic E-state index is 6.21. The molecular formula is C15H23ClO. The van der Waals surface area contributed by atoms with E-state index in [0.29, 0.717) is 5.92 Å². The van der Waals surface area contributed by atoms with Crippen molar-refractivity contribution in [2.24, 2.45) is 0 Å². The molecule has 2 heteroatoms. The normalized spacial score (nSPS) is 16.3. The van der Waals surface area contributed by atoms with Crippen LogP contribution in [0.4, 0.5) is 0 Å². The van der Waals surface area contributed by atoms with Gasteiger partial charge in [0.05, 0.1) is 0 Å². The summed E-state index contributed by atoms with van der Waals surface area (Å²) in [6.45, 7) is 9.97. The molecule has 2 rings (SSSR count). The highest BCUT2D eigenvalue weighted by Gasteiger charge is 2.17. The summed E-state index contributed by atoms with van der Waals surface area (Å²) in [5.74, 6) is 0.635. The van der Waals surface area contributed by atoms with Crippen molar-refractivity contribution in [3.8, 4) is 0 Å². The van der Waals surface area contributed by atoms with Gasteiger partial charge >= 0.3 is 0 Å². The lowest BCUT2D eigenvalue weighted by atomic mass is 9.90. The molecule has 0 amide bonds. The molecule has 0 saturated carbocycles. The van der Waals surface area contributed by atoms with Crippen molar-refractivity contribution in [2.45, 2.75) is 46.5 Å². The minimum absolute atomic E-state index is 0.635. The first-order chi connectivity index (χ1) is 8.18. The molecule has 0 radical (unpaired) electrons. The van der Waals surface area contributed by atoms with Gasteiger partial charge in [0, 0.05) is 18.2 Å². The van der Waals surface area contributed by atoms with Crippen LogP contribution in [0.2, 0.25) is 5.02 Å². The van der Waals surface area contributed by atoms with Crippen molar-refractivity contribution in [1.29, 1.82) is 0 Å². The van der Waals surface area contributed by atoms with Crippen LogP contribution in [0, 0.1) is 13.8 Å². The van der Waals surface area contributed by atoms with Crippen LogP contribution in [-0.2, 0) is 4.74 Å². The fraction of sp³-hybridized carbons (Fsp3) is 0.600. The Balaban J connectivity index is 0.000000686. The molecule has 1 aromatic rings. The van der Waals surface area contributed by atoms with Crippen molar-refractivity contribution < 1.29 is 4.74 Å². The highest BCUT2D eigenvalue weighted by atomic mass is 35.5. The van der Waals surface area contributed by atoms with Crippen molar-refractivity contribution in [1.82, 2.24) is 0 Å². The van der Waals surface area contributed by atoms with Gasteiger partial charge in [0.25, 0.3) is 0 Å². The predicted molar refractivity (Wildman–Crippen MR) is 75.1 cm³/mol. The van der Waals surface area contributed by atoms with E-state index in [2.05, 4.69) is 26.0 Å². The van der Waals surface area contributed by atoms with Crippen LogP contribution in [0.5, 0.6) is 0 Å². The molecular weight excluding hydrogens is 232 g/mol. The SMILES string of the molecule is CC.Cc1cc(C2CCOCC2)cc(Cl)c1C. The lowest BCUT2D eigenvalue weighted by Gasteiger charge is -2.23. The van der Waals surface area contributed by atoms with E-state index in [9.17, 15) is 0 Å². The van der Waals surface area contributed by atoms with E-state index in [-0.39, 0.29) is 0 Å². The molecule has 0 bridgehead atoms. The first-order valence-corrected chi connectivity index (χ1v) is 6.90. The van der Waals surface area contributed by atoms with Crippen molar-refractivity contribution in [3.05, 3.63) is 33.8 Å². The first kappa shape index (κ1) is 14.5. The smallest absolute Gasteiger partial charge is 0.0471 e. The zero-order chi connectivity index (χ0) is 12.8. The molecule has 96 valence electrons. The van der Waals surface area contributed by atoms with Crippen LogP contribution < -0.4 is 0 Å². The summed E-state index contributed by atoms with van der Waals surface area (Å²) in [7, 11) is 0. The van der Waals surface area contributed by atoms with Crippen LogP contribution in [0.15, 0.2) is 12.1 Å². The van der Waals surface area contributed by atoms with Gasteiger partial charge in [-0.25, -0.2) is 0 Å². The third-order valence-corrected chi connectivity index (χ3v) is 3.71. The van der Waals surface area contributed by atoms with Crippen LogP contribution in [0.3, 0.4) is 0 Å². The van der Waals surface area contributed by atoms with Gasteiger partial charge in [0.2, 0.25) is 0 Å². The van der Waals surface area contributed by atoms with E-state index in [1.807, 2.05) is 13.8 Å². The molecule has 1 aliphatic heterocycles. The van der Waals surface area contributed by atoms with Gasteiger partial charge in [0.15, 0.2) is 0 Å². The number of hydrogen-bond acceptors (Lipinski definition) is 1.